The number of primary amides is 1. The maximum absolute atomic E-state index is 13.8. The Hall–Kier alpha value is -3.60. The lowest BCUT2D eigenvalue weighted by Gasteiger charge is -2.48. The molecule has 2 fully saturated rings. The number of amides is 2. The summed E-state index contributed by atoms with van der Waals surface area (Å²) in [6.45, 7) is 5.27. The molecule has 3 aliphatic rings. The van der Waals surface area contributed by atoms with Crippen LogP contribution in [0.15, 0.2) is 6.07 Å². The number of ketones is 4. The second-order valence-electron chi connectivity index (χ2n) is 11.5. The number of benzene rings is 1. The standard InChI is InChI=1S/C26H31N3O8/c1-25(2,3)28-24(36)13-9-14(29(4)5)12-7-10-6-11-8-15(30)18(23(27)35)22(34)26(11,37)21(33)16(10)20(32)17(12)19(13)31/h9-11,16,18,31,37H,6-8H2,1-5H3,(H2,27,35)(H,28,36)/t10-,11+,16?,18?,26+/m1/s1. The van der Waals surface area contributed by atoms with Crippen molar-refractivity contribution in [1.82, 2.24) is 5.32 Å². The highest BCUT2D eigenvalue weighted by atomic mass is 16.3. The number of nitrogens with one attached hydrogen (secondary N) is 1. The van der Waals surface area contributed by atoms with E-state index in [2.05, 4.69) is 5.32 Å². The number of rotatable bonds is 3. The monoisotopic (exact) mass is 513 g/mol. The van der Waals surface area contributed by atoms with Gasteiger partial charge in [0.15, 0.2) is 34.7 Å². The number of carbonyl (C=O) groups is 6. The number of aliphatic hydroxyl groups is 1. The average molecular weight is 514 g/mol. The predicted molar refractivity (Wildman–Crippen MR) is 130 cm³/mol. The summed E-state index contributed by atoms with van der Waals surface area (Å²) in [6, 6.07) is 1.48. The van der Waals surface area contributed by atoms with Gasteiger partial charge in [-0.05, 0) is 51.2 Å². The fourth-order valence-corrected chi connectivity index (χ4v) is 5.99. The molecule has 0 spiro atoms. The molecular formula is C26H31N3O8. The van der Waals surface area contributed by atoms with E-state index >= 15 is 0 Å². The van der Waals surface area contributed by atoms with E-state index in [1.54, 1.807) is 39.8 Å². The van der Waals surface area contributed by atoms with E-state index in [-0.39, 0.29) is 24.0 Å². The summed E-state index contributed by atoms with van der Waals surface area (Å²) in [5.74, 6) is -11.7. The Morgan fingerprint density at radius 1 is 1.11 bits per heavy atom. The molecule has 37 heavy (non-hydrogen) atoms. The Morgan fingerprint density at radius 2 is 1.73 bits per heavy atom. The number of fused-ring (bicyclic) bond motifs is 3. The summed E-state index contributed by atoms with van der Waals surface area (Å²) in [7, 11) is 3.42. The van der Waals surface area contributed by atoms with Gasteiger partial charge < -0.3 is 26.2 Å². The molecule has 1 aromatic carbocycles. The van der Waals surface area contributed by atoms with Gasteiger partial charge in [0.25, 0.3) is 5.91 Å². The van der Waals surface area contributed by atoms with Gasteiger partial charge in [-0.25, -0.2) is 0 Å². The lowest BCUT2D eigenvalue weighted by Crippen LogP contribution is -2.68. The summed E-state index contributed by atoms with van der Waals surface area (Å²) in [6.07, 6.45) is -0.265. The largest absolute Gasteiger partial charge is 0.506 e. The van der Waals surface area contributed by atoms with Crippen molar-refractivity contribution in [3.05, 3.63) is 22.8 Å². The molecule has 2 amide bonds. The summed E-state index contributed by atoms with van der Waals surface area (Å²) < 4.78 is 0. The SMILES string of the molecule is CN(C)c1cc(C(=O)NC(C)(C)C)c(O)c2c1C[C@H]1C[C@H]3CC(=O)C(C(N)=O)C(=O)[C@@]3(O)C(=O)C1C2=O. The minimum atomic E-state index is -2.72. The molecule has 0 saturated heterocycles. The van der Waals surface area contributed by atoms with Gasteiger partial charge >= 0.3 is 0 Å². The number of Topliss-reactive ketones (excluding diaryl/α,β-unsaturated/α-hetero) is 4. The third kappa shape index (κ3) is 3.92. The van der Waals surface area contributed by atoms with Crippen LogP contribution in [0.2, 0.25) is 0 Å². The maximum atomic E-state index is 13.8. The zero-order valence-electron chi connectivity index (χ0n) is 21.4. The van der Waals surface area contributed by atoms with Gasteiger partial charge in [-0.15, -0.1) is 0 Å². The minimum Gasteiger partial charge on any atom is -0.506 e. The molecule has 2 unspecified atom stereocenters. The maximum Gasteiger partial charge on any atom is 0.255 e. The smallest absolute Gasteiger partial charge is 0.255 e. The van der Waals surface area contributed by atoms with E-state index in [9.17, 15) is 39.0 Å². The first-order chi connectivity index (χ1) is 17.0. The number of hydrogen-bond acceptors (Lipinski definition) is 9. The van der Waals surface area contributed by atoms with Crippen molar-refractivity contribution in [3.63, 3.8) is 0 Å². The fourth-order valence-electron chi connectivity index (χ4n) is 5.99. The Balaban J connectivity index is 1.85. The molecule has 5 atom stereocenters. The van der Waals surface area contributed by atoms with Gasteiger partial charge in [-0.3, -0.25) is 28.8 Å². The van der Waals surface area contributed by atoms with Crippen LogP contribution in [0, 0.1) is 23.7 Å². The zero-order valence-corrected chi connectivity index (χ0v) is 21.4. The number of anilines is 1. The number of nitrogens with zero attached hydrogens (tertiary/aromatic N) is 1. The Labute approximate surface area is 213 Å². The predicted octanol–water partition coefficient (Wildman–Crippen LogP) is -0.0788. The van der Waals surface area contributed by atoms with E-state index in [1.807, 2.05) is 0 Å². The van der Waals surface area contributed by atoms with Crippen LogP contribution in [0.3, 0.4) is 0 Å². The van der Waals surface area contributed by atoms with E-state index in [1.165, 1.54) is 6.07 Å². The highest BCUT2D eigenvalue weighted by Gasteiger charge is 2.66. The summed E-state index contributed by atoms with van der Waals surface area (Å²) in [5, 5.41) is 25.2. The van der Waals surface area contributed by atoms with Gasteiger partial charge in [0.1, 0.15) is 5.75 Å². The Kier molecular flexibility index (Phi) is 6.06. The summed E-state index contributed by atoms with van der Waals surface area (Å²) in [4.78, 5) is 79.4. The molecule has 0 heterocycles. The Morgan fingerprint density at radius 3 is 2.27 bits per heavy atom. The van der Waals surface area contributed by atoms with E-state index < -0.39 is 81.9 Å². The second-order valence-corrected chi connectivity index (χ2v) is 11.5. The van der Waals surface area contributed by atoms with Crippen LogP contribution >= 0.6 is 0 Å². The van der Waals surface area contributed by atoms with E-state index in [0.29, 0.717) is 11.3 Å². The van der Waals surface area contributed by atoms with Gasteiger partial charge in [0, 0.05) is 37.7 Å². The molecule has 4 rings (SSSR count). The number of carbonyl (C=O) groups excluding carboxylic acids is 6. The molecule has 3 aliphatic carbocycles. The fraction of sp³-hybridized carbons (Fsp3) is 0.538. The van der Waals surface area contributed by atoms with Crippen molar-refractivity contribution in [2.24, 2.45) is 29.4 Å². The van der Waals surface area contributed by atoms with Crippen LogP contribution in [0.4, 0.5) is 5.69 Å². The first kappa shape index (κ1) is 26.5. The molecule has 11 nitrogen and oxygen atoms in total. The van der Waals surface area contributed by atoms with Crippen LogP contribution in [-0.2, 0) is 25.6 Å². The molecule has 0 bridgehead atoms. The molecule has 198 valence electrons. The topological polar surface area (TPSA) is 184 Å². The van der Waals surface area contributed by atoms with Gasteiger partial charge in [0.05, 0.1) is 17.0 Å². The minimum absolute atomic E-state index is 0.000933. The van der Waals surface area contributed by atoms with Crippen molar-refractivity contribution in [1.29, 1.82) is 0 Å². The molecule has 0 radical (unpaired) electrons. The third-order valence-corrected chi connectivity index (χ3v) is 7.59. The number of phenolic OH excluding ortho intramolecular Hbond substituents is 1. The van der Waals surface area contributed by atoms with Crippen molar-refractivity contribution >= 4 is 40.6 Å². The number of aromatic hydroxyl groups is 1. The molecule has 0 aliphatic heterocycles. The van der Waals surface area contributed by atoms with Gasteiger partial charge in [-0.1, -0.05) is 0 Å². The first-order valence-electron chi connectivity index (χ1n) is 12.1. The van der Waals surface area contributed by atoms with Crippen molar-refractivity contribution in [2.45, 2.75) is 51.2 Å². The zero-order chi connectivity index (χ0) is 27.8. The third-order valence-electron chi connectivity index (χ3n) is 7.59. The number of nitrogens with two attached hydrogens (primary N) is 1. The summed E-state index contributed by atoms with van der Waals surface area (Å²) >= 11 is 0. The van der Waals surface area contributed by atoms with Crippen molar-refractivity contribution < 1.29 is 39.0 Å². The number of hydrogen-bond donors (Lipinski definition) is 4. The van der Waals surface area contributed by atoms with Crippen LogP contribution in [0.1, 0.15) is 59.9 Å². The van der Waals surface area contributed by atoms with Crippen LogP contribution < -0.4 is 16.0 Å². The van der Waals surface area contributed by atoms with E-state index in [0.717, 1.165) is 0 Å². The van der Waals surface area contributed by atoms with Gasteiger partial charge in [0.2, 0.25) is 5.91 Å². The molecular weight excluding hydrogens is 482 g/mol. The van der Waals surface area contributed by atoms with Crippen molar-refractivity contribution in [3.8, 4) is 5.75 Å². The normalized spacial score (nSPS) is 29.2. The highest BCUT2D eigenvalue weighted by molar-refractivity contribution is 6.31. The quantitative estimate of drug-likeness (QED) is 0.401. The highest BCUT2D eigenvalue weighted by Crippen LogP contribution is 2.51. The van der Waals surface area contributed by atoms with Crippen LogP contribution in [-0.4, -0.2) is 70.4 Å². The molecule has 1 aromatic rings. The second kappa shape index (κ2) is 8.47. The van der Waals surface area contributed by atoms with E-state index in [4.69, 9.17) is 5.73 Å². The molecule has 2 saturated carbocycles. The Bertz CT molecular complexity index is 1280. The lowest BCUT2D eigenvalue weighted by molar-refractivity contribution is -0.175. The van der Waals surface area contributed by atoms with Gasteiger partial charge in [-0.2, -0.15) is 0 Å². The van der Waals surface area contributed by atoms with Crippen LogP contribution in [0.5, 0.6) is 5.75 Å². The van der Waals surface area contributed by atoms with Crippen LogP contribution in [0.25, 0.3) is 0 Å². The lowest BCUT2D eigenvalue weighted by atomic mass is 9.53. The number of phenols is 1. The summed E-state index contributed by atoms with van der Waals surface area (Å²) in [5.41, 5.74) is 2.41. The van der Waals surface area contributed by atoms with Crippen molar-refractivity contribution in [2.75, 3.05) is 19.0 Å². The average Bonchev–Trinajstić information content (AvgIpc) is 2.74. The molecule has 11 heteroatoms. The first-order valence-corrected chi connectivity index (χ1v) is 12.1. The molecule has 5 N–H and O–H groups in total. The molecule has 0 aromatic heterocycles.